The van der Waals surface area contributed by atoms with E-state index in [1.54, 1.807) is 21.7 Å². The van der Waals surface area contributed by atoms with E-state index in [1.807, 2.05) is 81.0 Å². The standard InChI is InChI=1S/C30H31N5O4/c1-30(2,3)39-29(37)34-13-11-25-24(18-34)23-9-8-21(15-26(23)32(25)4)35-14-10-22(16-28(35)36)38-19-20-17-33-12-6-5-7-27(33)31-20/h5-10,12,14-17H,11,13,18-19H2,1-4H3. The van der Waals surface area contributed by atoms with Crippen molar-refractivity contribution in [2.75, 3.05) is 6.54 Å². The van der Waals surface area contributed by atoms with Crippen molar-refractivity contribution < 1.29 is 14.3 Å². The summed E-state index contributed by atoms with van der Waals surface area (Å²) in [5.41, 5.74) is 5.02. The molecule has 5 heterocycles. The van der Waals surface area contributed by atoms with Gasteiger partial charge in [-0.15, -0.1) is 0 Å². The minimum absolute atomic E-state index is 0.183. The maximum absolute atomic E-state index is 13.0. The first kappa shape index (κ1) is 24.8. The molecule has 0 N–H and O–H groups in total. The van der Waals surface area contributed by atoms with E-state index in [9.17, 15) is 9.59 Å². The quantitative estimate of drug-likeness (QED) is 0.335. The van der Waals surface area contributed by atoms with Gasteiger partial charge >= 0.3 is 6.09 Å². The molecule has 0 fully saturated rings. The van der Waals surface area contributed by atoms with Crippen molar-refractivity contribution in [1.29, 1.82) is 0 Å². The van der Waals surface area contributed by atoms with Crippen LogP contribution in [0.5, 0.6) is 5.75 Å². The molecule has 0 aliphatic carbocycles. The lowest BCUT2D eigenvalue weighted by Gasteiger charge is -2.30. The monoisotopic (exact) mass is 525 g/mol. The number of hydrogen-bond acceptors (Lipinski definition) is 5. The molecule has 0 unspecified atom stereocenters. The molecule has 1 amide bonds. The van der Waals surface area contributed by atoms with Gasteiger partial charge in [0, 0.05) is 61.3 Å². The molecule has 0 spiro atoms. The molecule has 9 heteroatoms. The smallest absolute Gasteiger partial charge is 0.410 e. The second kappa shape index (κ2) is 9.34. The zero-order valence-corrected chi connectivity index (χ0v) is 22.5. The number of aryl methyl sites for hydroxylation is 1. The van der Waals surface area contributed by atoms with Gasteiger partial charge in [0.1, 0.15) is 23.6 Å². The van der Waals surface area contributed by atoms with Gasteiger partial charge in [-0.05, 0) is 51.1 Å². The summed E-state index contributed by atoms with van der Waals surface area (Å²) in [6.07, 6.45) is 6.03. The molecule has 200 valence electrons. The van der Waals surface area contributed by atoms with Crippen molar-refractivity contribution in [2.24, 2.45) is 7.05 Å². The van der Waals surface area contributed by atoms with Crippen molar-refractivity contribution in [3.05, 3.63) is 94.4 Å². The Bertz CT molecular complexity index is 1740. The lowest BCUT2D eigenvalue weighted by atomic mass is 10.0. The second-order valence-corrected chi connectivity index (χ2v) is 10.9. The third-order valence-electron chi connectivity index (χ3n) is 7.01. The number of carbonyl (C=O) groups is 1. The van der Waals surface area contributed by atoms with Crippen LogP contribution in [0.4, 0.5) is 4.79 Å². The van der Waals surface area contributed by atoms with Crippen LogP contribution in [-0.4, -0.2) is 41.7 Å². The summed E-state index contributed by atoms with van der Waals surface area (Å²) in [7, 11) is 2.03. The van der Waals surface area contributed by atoms with Gasteiger partial charge in [0.25, 0.3) is 5.56 Å². The number of fused-ring (bicyclic) bond motifs is 4. The fourth-order valence-corrected chi connectivity index (χ4v) is 5.17. The molecule has 0 saturated heterocycles. The van der Waals surface area contributed by atoms with E-state index in [4.69, 9.17) is 9.47 Å². The van der Waals surface area contributed by atoms with Crippen molar-refractivity contribution in [3.63, 3.8) is 0 Å². The molecule has 9 nitrogen and oxygen atoms in total. The molecule has 39 heavy (non-hydrogen) atoms. The Morgan fingerprint density at radius 3 is 2.69 bits per heavy atom. The number of aromatic nitrogens is 4. The van der Waals surface area contributed by atoms with Gasteiger partial charge in [-0.25, -0.2) is 9.78 Å². The van der Waals surface area contributed by atoms with Gasteiger partial charge in [-0.1, -0.05) is 12.1 Å². The summed E-state index contributed by atoms with van der Waals surface area (Å²) in [5.74, 6) is 0.492. The molecular weight excluding hydrogens is 494 g/mol. The number of hydrogen-bond donors (Lipinski definition) is 0. The van der Waals surface area contributed by atoms with Gasteiger partial charge in [0.2, 0.25) is 0 Å². The Hall–Kier alpha value is -4.53. The Morgan fingerprint density at radius 1 is 1.08 bits per heavy atom. The van der Waals surface area contributed by atoms with Gasteiger partial charge in [-0.3, -0.25) is 9.36 Å². The highest BCUT2D eigenvalue weighted by atomic mass is 16.6. The summed E-state index contributed by atoms with van der Waals surface area (Å²) < 4.78 is 17.2. The zero-order valence-electron chi connectivity index (χ0n) is 22.5. The summed E-state index contributed by atoms with van der Waals surface area (Å²) in [4.78, 5) is 32.0. The Kier molecular flexibility index (Phi) is 5.94. The van der Waals surface area contributed by atoms with Crippen LogP contribution in [0.1, 0.15) is 37.7 Å². The molecule has 1 aliphatic heterocycles. The predicted octanol–water partition coefficient (Wildman–Crippen LogP) is 4.85. The number of amides is 1. The Balaban J connectivity index is 1.23. The molecule has 1 aromatic carbocycles. The minimum Gasteiger partial charge on any atom is -0.487 e. The maximum Gasteiger partial charge on any atom is 0.410 e. The average molecular weight is 526 g/mol. The SMILES string of the molecule is Cn1c2c(c3ccc(-n4ccc(OCc5cn6ccccc6n5)cc4=O)cc31)CN(C(=O)OC(C)(C)C)CC2. The minimum atomic E-state index is -0.535. The van der Waals surface area contributed by atoms with E-state index in [0.717, 1.165) is 39.9 Å². The van der Waals surface area contributed by atoms with Crippen molar-refractivity contribution >= 4 is 22.6 Å². The third-order valence-corrected chi connectivity index (χ3v) is 7.01. The summed E-state index contributed by atoms with van der Waals surface area (Å²) in [6.45, 7) is 7.01. The van der Waals surface area contributed by atoms with E-state index in [2.05, 4.69) is 9.55 Å². The number of ether oxygens (including phenoxy) is 2. The van der Waals surface area contributed by atoms with E-state index in [0.29, 0.717) is 18.8 Å². The van der Waals surface area contributed by atoms with Crippen LogP contribution >= 0.6 is 0 Å². The first-order valence-electron chi connectivity index (χ1n) is 13.0. The lowest BCUT2D eigenvalue weighted by Crippen LogP contribution is -2.40. The third kappa shape index (κ3) is 4.76. The first-order chi connectivity index (χ1) is 18.7. The molecule has 0 bridgehead atoms. The molecule has 0 saturated carbocycles. The van der Waals surface area contributed by atoms with Crippen LogP contribution in [0.25, 0.3) is 22.2 Å². The van der Waals surface area contributed by atoms with Gasteiger partial charge < -0.3 is 23.3 Å². The fraction of sp³-hybridized carbons (Fsp3) is 0.300. The number of nitrogens with zero attached hydrogens (tertiary/aromatic N) is 5. The first-order valence-corrected chi connectivity index (χ1v) is 13.0. The van der Waals surface area contributed by atoms with E-state index < -0.39 is 5.60 Å². The largest absolute Gasteiger partial charge is 0.487 e. The topological polar surface area (TPSA) is 83.0 Å². The number of benzene rings is 1. The van der Waals surface area contributed by atoms with Gasteiger partial charge in [-0.2, -0.15) is 0 Å². The molecule has 1 aliphatic rings. The highest BCUT2D eigenvalue weighted by Gasteiger charge is 2.29. The van der Waals surface area contributed by atoms with Crippen molar-refractivity contribution in [2.45, 2.75) is 45.9 Å². The van der Waals surface area contributed by atoms with Gasteiger partial charge in [0.05, 0.1) is 23.4 Å². The molecule has 0 atom stereocenters. The molecule has 6 rings (SSSR count). The normalized spacial score (nSPS) is 13.6. The Morgan fingerprint density at radius 2 is 1.92 bits per heavy atom. The van der Waals surface area contributed by atoms with E-state index in [1.165, 1.54) is 11.8 Å². The molecule has 4 aromatic heterocycles. The number of pyridine rings is 2. The number of rotatable bonds is 4. The van der Waals surface area contributed by atoms with E-state index in [-0.39, 0.29) is 18.3 Å². The summed E-state index contributed by atoms with van der Waals surface area (Å²) in [6, 6.07) is 15.1. The van der Waals surface area contributed by atoms with Crippen molar-refractivity contribution in [3.8, 4) is 11.4 Å². The summed E-state index contributed by atoms with van der Waals surface area (Å²) in [5, 5.41) is 1.07. The highest BCUT2D eigenvalue weighted by molar-refractivity contribution is 5.88. The molecule has 0 radical (unpaired) electrons. The predicted molar refractivity (Wildman–Crippen MR) is 148 cm³/mol. The number of imidazole rings is 1. The van der Waals surface area contributed by atoms with Crippen LogP contribution in [-0.2, 0) is 31.4 Å². The molecular formula is C30H31N5O4. The van der Waals surface area contributed by atoms with Crippen LogP contribution in [0.15, 0.2) is 71.9 Å². The van der Waals surface area contributed by atoms with Crippen LogP contribution in [0, 0.1) is 0 Å². The average Bonchev–Trinajstić information content (AvgIpc) is 3.44. The van der Waals surface area contributed by atoms with Crippen LogP contribution < -0.4 is 10.3 Å². The van der Waals surface area contributed by atoms with Gasteiger partial charge in [0.15, 0.2) is 0 Å². The summed E-state index contributed by atoms with van der Waals surface area (Å²) >= 11 is 0. The fourth-order valence-electron chi connectivity index (χ4n) is 5.17. The highest BCUT2D eigenvalue weighted by Crippen LogP contribution is 2.32. The van der Waals surface area contributed by atoms with Crippen LogP contribution in [0.3, 0.4) is 0 Å². The second-order valence-electron chi connectivity index (χ2n) is 10.9. The lowest BCUT2D eigenvalue weighted by molar-refractivity contribution is 0.0223. The van der Waals surface area contributed by atoms with Crippen LogP contribution in [0.2, 0.25) is 0 Å². The number of carbonyl (C=O) groups excluding carboxylic acids is 1. The molecule has 5 aromatic rings. The maximum atomic E-state index is 13.0. The van der Waals surface area contributed by atoms with E-state index >= 15 is 0 Å². The zero-order chi connectivity index (χ0) is 27.3. The Labute approximate surface area is 225 Å². The van der Waals surface area contributed by atoms with Crippen molar-refractivity contribution in [1.82, 2.24) is 23.4 Å².